The van der Waals surface area contributed by atoms with Crippen LogP contribution in [0.5, 0.6) is 0 Å². The Hall–Kier alpha value is -2.88. The zero-order chi connectivity index (χ0) is 24.9. The molecular formula is C25H27ClF4N4O2. The van der Waals surface area contributed by atoms with Crippen LogP contribution in [0.15, 0.2) is 30.5 Å². The van der Waals surface area contributed by atoms with Crippen LogP contribution in [0.2, 0.25) is 0 Å². The zero-order valence-corrected chi connectivity index (χ0v) is 20.5. The Balaban J connectivity index is 0.00000304. The summed E-state index contributed by atoms with van der Waals surface area (Å²) in [5.41, 5.74) is 0.346. The third kappa shape index (κ3) is 5.00. The Morgan fingerprint density at radius 2 is 1.81 bits per heavy atom. The zero-order valence-electron chi connectivity index (χ0n) is 19.6. The van der Waals surface area contributed by atoms with E-state index >= 15 is 0 Å². The van der Waals surface area contributed by atoms with Crippen LogP contribution in [0.1, 0.15) is 58.6 Å². The molecule has 11 heteroatoms. The van der Waals surface area contributed by atoms with Crippen molar-refractivity contribution in [3.63, 3.8) is 0 Å². The third-order valence-electron chi connectivity index (χ3n) is 7.14. The highest BCUT2D eigenvalue weighted by atomic mass is 35.5. The second-order valence-electron chi connectivity index (χ2n) is 9.63. The molecule has 1 N–H and O–H groups in total. The predicted octanol–water partition coefficient (Wildman–Crippen LogP) is 4.35. The van der Waals surface area contributed by atoms with Crippen LogP contribution in [0.25, 0.3) is 0 Å². The van der Waals surface area contributed by atoms with E-state index in [1.807, 2.05) is 11.8 Å². The first-order valence-electron chi connectivity index (χ1n) is 11.8. The monoisotopic (exact) mass is 526 g/mol. The molecule has 2 saturated heterocycles. The molecule has 0 bridgehead atoms. The van der Waals surface area contributed by atoms with Crippen molar-refractivity contribution in [1.82, 2.24) is 15.2 Å². The number of halogens is 5. The fourth-order valence-corrected chi connectivity index (χ4v) is 5.01. The molecular weight excluding hydrogens is 500 g/mol. The summed E-state index contributed by atoms with van der Waals surface area (Å²) in [6.45, 7) is 3.84. The molecule has 1 aromatic heterocycles. The third-order valence-corrected chi connectivity index (χ3v) is 7.14. The SMILES string of the molecule is CC1CNC(=O)[C@H]1c1ccc(C(=O)N2CCN(c3ncc(C(F)(F)F)cc3C3CC3)CC2)c(F)c1.Cl. The van der Waals surface area contributed by atoms with E-state index in [9.17, 15) is 27.2 Å². The number of anilines is 1. The molecule has 2 atom stereocenters. The van der Waals surface area contributed by atoms with E-state index in [0.29, 0.717) is 49.7 Å². The van der Waals surface area contributed by atoms with Gasteiger partial charge in [0.1, 0.15) is 11.6 Å². The molecule has 194 valence electrons. The van der Waals surface area contributed by atoms with Gasteiger partial charge < -0.3 is 15.1 Å². The van der Waals surface area contributed by atoms with Crippen LogP contribution < -0.4 is 10.2 Å². The topological polar surface area (TPSA) is 65.5 Å². The molecule has 2 aliphatic heterocycles. The Morgan fingerprint density at radius 3 is 2.36 bits per heavy atom. The lowest BCUT2D eigenvalue weighted by molar-refractivity contribution is -0.137. The minimum Gasteiger partial charge on any atom is -0.355 e. The molecule has 3 heterocycles. The average molecular weight is 527 g/mol. The number of nitrogens with one attached hydrogen (secondary N) is 1. The molecule has 2 aromatic rings. The Morgan fingerprint density at radius 1 is 1.11 bits per heavy atom. The van der Waals surface area contributed by atoms with Gasteiger partial charge in [0, 0.05) is 38.9 Å². The Kier molecular flexibility index (Phi) is 7.19. The van der Waals surface area contributed by atoms with Gasteiger partial charge in [0.2, 0.25) is 5.91 Å². The number of carbonyl (C=O) groups is 2. The molecule has 6 nitrogen and oxygen atoms in total. The van der Waals surface area contributed by atoms with Crippen molar-refractivity contribution in [2.45, 2.75) is 37.8 Å². The van der Waals surface area contributed by atoms with Crippen LogP contribution >= 0.6 is 12.4 Å². The number of nitrogens with zero attached hydrogens (tertiary/aromatic N) is 3. The summed E-state index contributed by atoms with van der Waals surface area (Å²) in [5, 5.41) is 2.77. The molecule has 0 spiro atoms. The minimum atomic E-state index is -4.44. The second-order valence-corrected chi connectivity index (χ2v) is 9.63. The van der Waals surface area contributed by atoms with E-state index in [0.717, 1.165) is 19.0 Å². The van der Waals surface area contributed by atoms with Crippen molar-refractivity contribution in [3.05, 3.63) is 58.5 Å². The van der Waals surface area contributed by atoms with Gasteiger partial charge in [-0.1, -0.05) is 13.0 Å². The van der Waals surface area contributed by atoms with Crippen LogP contribution in [0.4, 0.5) is 23.4 Å². The summed E-state index contributed by atoms with van der Waals surface area (Å²) >= 11 is 0. The fourth-order valence-electron chi connectivity index (χ4n) is 5.01. The van der Waals surface area contributed by atoms with Crippen LogP contribution in [0, 0.1) is 11.7 Å². The van der Waals surface area contributed by atoms with Gasteiger partial charge in [-0.2, -0.15) is 13.2 Å². The first kappa shape index (κ1) is 26.2. The lowest BCUT2D eigenvalue weighted by Crippen LogP contribution is -2.49. The molecule has 3 fully saturated rings. The van der Waals surface area contributed by atoms with E-state index in [2.05, 4.69) is 10.3 Å². The van der Waals surface area contributed by atoms with Gasteiger partial charge in [0.05, 0.1) is 17.0 Å². The summed E-state index contributed by atoms with van der Waals surface area (Å²) in [6.07, 6.45) is -1.91. The number of hydrogen-bond acceptors (Lipinski definition) is 4. The highest BCUT2D eigenvalue weighted by molar-refractivity contribution is 5.95. The largest absolute Gasteiger partial charge is 0.417 e. The van der Waals surface area contributed by atoms with Crippen molar-refractivity contribution >= 4 is 30.0 Å². The Bertz CT molecular complexity index is 1160. The molecule has 0 radical (unpaired) electrons. The van der Waals surface area contributed by atoms with Crippen LogP contribution in [0.3, 0.4) is 0 Å². The normalized spacial score (nSPS) is 22.3. The molecule has 2 amide bonds. The lowest BCUT2D eigenvalue weighted by Gasteiger charge is -2.36. The van der Waals surface area contributed by atoms with Crippen molar-refractivity contribution in [2.75, 3.05) is 37.6 Å². The average Bonchev–Trinajstić information content (AvgIpc) is 3.62. The van der Waals surface area contributed by atoms with Crippen molar-refractivity contribution < 1.29 is 27.2 Å². The van der Waals surface area contributed by atoms with Gasteiger partial charge in [0.15, 0.2) is 0 Å². The number of alkyl halides is 3. The highest BCUT2D eigenvalue weighted by Crippen LogP contribution is 2.45. The number of aromatic nitrogens is 1. The quantitative estimate of drug-likeness (QED) is 0.602. The van der Waals surface area contributed by atoms with Gasteiger partial charge in [-0.05, 0) is 54.0 Å². The highest BCUT2D eigenvalue weighted by Gasteiger charge is 2.37. The molecule has 5 rings (SSSR count). The molecule has 3 aliphatic rings. The summed E-state index contributed by atoms with van der Waals surface area (Å²) in [4.78, 5) is 32.7. The van der Waals surface area contributed by atoms with Gasteiger partial charge >= 0.3 is 6.18 Å². The van der Waals surface area contributed by atoms with Crippen molar-refractivity contribution in [2.24, 2.45) is 5.92 Å². The summed E-state index contributed by atoms with van der Waals surface area (Å²) in [6, 6.07) is 5.52. The maximum atomic E-state index is 14.9. The van der Waals surface area contributed by atoms with E-state index in [-0.39, 0.29) is 35.7 Å². The standard InChI is InChI=1S/C25H26F4N4O2.ClH/c1-14-12-31-23(34)21(14)16-4-5-18(20(26)10-16)24(35)33-8-6-32(7-9-33)22-19(15-2-3-15)11-17(13-30-22)25(27,28)29;/h4-5,10-11,13-15,21H,2-3,6-9,12H2,1H3,(H,31,34);1H/t14?,21-;/m1./s1. The maximum absolute atomic E-state index is 14.9. The number of benzene rings is 1. The van der Waals surface area contributed by atoms with E-state index < -0.39 is 29.4 Å². The van der Waals surface area contributed by atoms with E-state index in [4.69, 9.17) is 0 Å². The molecule has 1 unspecified atom stereocenters. The number of piperazine rings is 1. The van der Waals surface area contributed by atoms with Gasteiger partial charge in [0.25, 0.3) is 5.91 Å². The van der Waals surface area contributed by atoms with Crippen LogP contribution in [-0.2, 0) is 11.0 Å². The number of rotatable bonds is 4. The predicted molar refractivity (Wildman–Crippen MR) is 128 cm³/mol. The second kappa shape index (κ2) is 9.88. The summed E-state index contributed by atoms with van der Waals surface area (Å²) in [5.74, 6) is -1.04. The number of hydrogen-bond donors (Lipinski definition) is 1. The summed E-state index contributed by atoms with van der Waals surface area (Å²) in [7, 11) is 0. The van der Waals surface area contributed by atoms with Gasteiger partial charge in [-0.25, -0.2) is 9.37 Å². The fraction of sp³-hybridized carbons (Fsp3) is 0.480. The molecule has 36 heavy (non-hydrogen) atoms. The maximum Gasteiger partial charge on any atom is 0.417 e. The first-order valence-corrected chi connectivity index (χ1v) is 11.8. The molecule has 1 aliphatic carbocycles. The van der Waals surface area contributed by atoms with Crippen LogP contribution in [-0.4, -0.2) is 54.4 Å². The number of amides is 2. The Labute approximate surface area is 212 Å². The van der Waals surface area contributed by atoms with Gasteiger partial charge in [-0.3, -0.25) is 9.59 Å². The number of pyridine rings is 1. The van der Waals surface area contributed by atoms with Gasteiger partial charge in [-0.15, -0.1) is 12.4 Å². The number of carbonyl (C=O) groups excluding carboxylic acids is 2. The smallest absolute Gasteiger partial charge is 0.355 e. The molecule has 1 saturated carbocycles. The van der Waals surface area contributed by atoms with Crippen molar-refractivity contribution in [3.8, 4) is 0 Å². The summed E-state index contributed by atoms with van der Waals surface area (Å²) < 4.78 is 54.4. The van der Waals surface area contributed by atoms with E-state index in [1.165, 1.54) is 18.2 Å². The lowest BCUT2D eigenvalue weighted by atomic mass is 9.89. The molecule has 1 aromatic carbocycles. The first-order chi connectivity index (χ1) is 16.6. The van der Waals surface area contributed by atoms with E-state index in [1.54, 1.807) is 11.0 Å². The minimum absolute atomic E-state index is 0. The van der Waals surface area contributed by atoms with Crippen molar-refractivity contribution in [1.29, 1.82) is 0 Å².